The number of esters is 2. The van der Waals surface area contributed by atoms with Crippen LogP contribution in [0.2, 0.25) is 0 Å². The molecule has 0 aliphatic carbocycles. The number of rotatable bonds is 40. The first kappa shape index (κ1) is 52.9. The van der Waals surface area contributed by atoms with Crippen molar-refractivity contribution in [1.82, 2.24) is 0 Å². The van der Waals surface area contributed by atoms with Crippen molar-refractivity contribution in [2.45, 2.75) is 193 Å². The zero-order chi connectivity index (χ0) is 40.5. The van der Waals surface area contributed by atoms with E-state index in [-0.39, 0.29) is 19.4 Å². The van der Waals surface area contributed by atoms with Crippen molar-refractivity contribution in [2.75, 3.05) is 26.4 Å². The fourth-order valence-corrected chi connectivity index (χ4v) is 6.37. The molecule has 0 bridgehead atoms. The number of allylic oxidation sites excluding steroid dienone is 8. The fraction of sp³-hybridized carbons (Fsp3) is 0.773. The molecule has 0 heterocycles. The second kappa shape index (κ2) is 40.1. The maximum atomic E-state index is 12.6. The van der Waals surface area contributed by atoms with Gasteiger partial charge in [-0.05, 0) is 77.0 Å². The average Bonchev–Trinajstić information content (AvgIpc) is 3.17. The minimum absolute atomic E-state index is 0.156. The predicted molar refractivity (Wildman–Crippen MR) is 224 cm³/mol. The van der Waals surface area contributed by atoms with Crippen LogP contribution in [0.5, 0.6) is 0 Å². The monoisotopic (exact) mass is 799 g/mol. The number of carbonyl (C=O) groups is 2. The lowest BCUT2D eigenvalue weighted by molar-refractivity contribution is -0.161. The molecule has 0 radical (unpaired) electrons. The quantitative estimate of drug-likeness (QED) is 0.0237. The molecule has 0 aromatic rings. The standard InChI is InChI=1S/C44H79O10P/c1-3-5-7-9-11-13-15-17-19-20-22-24-26-28-30-32-34-36-44(48)54-42(40-53-55(49,50)52-38-41(46)37-45)39-51-43(47)35-33-31-29-27-25-23-21-18-16-14-12-10-8-6-4-2/h11,13,17-19,21-22,24,41-42,45-46H,3-10,12,14-16,20,23,25-40H2,1-2H3,(H,49,50). The first-order valence-corrected chi connectivity index (χ1v) is 23.1. The largest absolute Gasteiger partial charge is 0.472 e. The molecule has 0 aliphatic heterocycles. The zero-order valence-electron chi connectivity index (χ0n) is 34.6. The van der Waals surface area contributed by atoms with Crippen LogP contribution in [0.1, 0.15) is 181 Å². The Morgan fingerprint density at radius 2 is 0.945 bits per heavy atom. The van der Waals surface area contributed by atoms with Crippen molar-refractivity contribution in [1.29, 1.82) is 0 Å². The zero-order valence-corrected chi connectivity index (χ0v) is 35.5. The Morgan fingerprint density at radius 1 is 0.545 bits per heavy atom. The summed E-state index contributed by atoms with van der Waals surface area (Å²) in [4.78, 5) is 35.0. The molecular weight excluding hydrogens is 719 g/mol. The molecule has 3 N–H and O–H groups in total. The minimum atomic E-state index is -4.63. The first-order chi connectivity index (χ1) is 26.7. The van der Waals surface area contributed by atoms with E-state index in [1.54, 1.807) is 0 Å². The molecule has 0 amide bonds. The number of carbonyl (C=O) groups excluding carboxylic acids is 2. The number of phosphoric ester groups is 1. The average molecular weight is 799 g/mol. The van der Waals surface area contributed by atoms with Crippen molar-refractivity contribution in [2.24, 2.45) is 0 Å². The Morgan fingerprint density at radius 3 is 1.47 bits per heavy atom. The van der Waals surface area contributed by atoms with E-state index >= 15 is 0 Å². The minimum Gasteiger partial charge on any atom is -0.462 e. The summed E-state index contributed by atoms with van der Waals surface area (Å²) in [5, 5.41) is 18.3. The van der Waals surface area contributed by atoms with Crippen LogP contribution in [0.15, 0.2) is 48.6 Å². The Balaban J connectivity index is 4.37. The number of ether oxygens (including phenoxy) is 2. The Hall–Kier alpha value is -2.07. The molecule has 0 saturated carbocycles. The van der Waals surface area contributed by atoms with Gasteiger partial charge in [0.15, 0.2) is 6.10 Å². The highest BCUT2D eigenvalue weighted by Crippen LogP contribution is 2.43. The molecule has 10 nitrogen and oxygen atoms in total. The van der Waals surface area contributed by atoms with E-state index in [0.717, 1.165) is 77.0 Å². The second-order valence-electron chi connectivity index (χ2n) is 14.4. The van der Waals surface area contributed by atoms with Crippen LogP contribution in [0.3, 0.4) is 0 Å². The molecular formula is C44H79O10P. The summed E-state index contributed by atoms with van der Waals surface area (Å²) in [6.07, 6.45) is 42.1. The van der Waals surface area contributed by atoms with Crippen molar-refractivity contribution >= 4 is 19.8 Å². The van der Waals surface area contributed by atoms with Gasteiger partial charge in [-0.1, -0.05) is 140 Å². The van der Waals surface area contributed by atoms with E-state index < -0.39 is 51.8 Å². The lowest BCUT2D eigenvalue weighted by Crippen LogP contribution is -2.29. The van der Waals surface area contributed by atoms with Crippen LogP contribution < -0.4 is 0 Å². The molecule has 0 aliphatic rings. The normalized spacial score (nSPS) is 14.3. The SMILES string of the molecule is CCCCCC=CCC=CCC=CCCCCCCC(=O)OC(COC(=O)CCCCCCCC=CCCCCCCCC)COP(=O)(O)OCC(O)CO. The topological polar surface area (TPSA) is 149 Å². The molecule has 0 aromatic carbocycles. The molecule has 3 unspecified atom stereocenters. The van der Waals surface area contributed by atoms with Crippen LogP contribution in [-0.4, -0.2) is 65.7 Å². The summed E-state index contributed by atoms with van der Waals surface area (Å²) >= 11 is 0. The Kier molecular flexibility index (Phi) is 38.6. The van der Waals surface area contributed by atoms with E-state index in [1.165, 1.54) is 64.2 Å². The highest BCUT2D eigenvalue weighted by atomic mass is 31.2. The third-order valence-electron chi connectivity index (χ3n) is 8.96. The smallest absolute Gasteiger partial charge is 0.462 e. The van der Waals surface area contributed by atoms with Crippen LogP contribution in [0.4, 0.5) is 0 Å². The van der Waals surface area contributed by atoms with Gasteiger partial charge in [-0.25, -0.2) is 4.57 Å². The molecule has 0 saturated heterocycles. The third kappa shape index (κ3) is 39.9. The first-order valence-electron chi connectivity index (χ1n) is 21.6. The summed E-state index contributed by atoms with van der Waals surface area (Å²) in [7, 11) is -4.63. The maximum absolute atomic E-state index is 12.6. The summed E-state index contributed by atoms with van der Waals surface area (Å²) < 4.78 is 32.7. The van der Waals surface area contributed by atoms with Crippen LogP contribution >= 0.6 is 7.82 Å². The number of aliphatic hydroxyl groups is 2. The van der Waals surface area contributed by atoms with Crippen LogP contribution in [-0.2, 0) is 32.7 Å². The van der Waals surface area contributed by atoms with E-state index in [4.69, 9.17) is 19.1 Å². The lowest BCUT2D eigenvalue weighted by atomic mass is 10.1. The molecule has 3 atom stereocenters. The number of phosphoric acid groups is 1. The van der Waals surface area contributed by atoms with E-state index in [2.05, 4.69) is 67.0 Å². The van der Waals surface area contributed by atoms with Crippen LogP contribution in [0.25, 0.3) is 0 Å². The highest BCUT2D eigenvalue weighted by Gasteiger charge is 2.27. The van der Waals surface area contributed by atoms with Gasteiger partial charge in [0.2, 0.25) is 0 Å². The second-order valence-corrected chi connectivity index (χ2v) is 15.8. The lowest BCUT2D eigenvalue weighted by Gasteiger charge is -2.20. The molecule has 0 fully saturated rings. The van der Waals surface area contributed by atoms with Gasteiger partial charge in [0, 0.05) is 12.8 Å². The number of hydrogen-bond acceptors (Lipinski definition) is 9. The van der Waals surface area contributed by atoms with Crippen molar-refractivity contribution < 1.29 is 47.8 Å². The fourth-order valence-electron chi connectivity index (χ4n) is 5.58. The highest BCUT2D eigenvalue weighted by molar-refractivity contribution is 7.47. The van der Waals surface area contributed by atoms with Crippen molar-refractivity contribution in [3.8, 4) is 0 Å². The van der Waals surface area contributed by atoms with E-state index in [9.17, 15) is 24.2 Å². The molecule has 0 spiro atoms. The van der Waals surface area contributed by atoms with Gasteiger partial charge in [0.25, 0.3) is 0 Å². The van der Waals surface area contributed by atoms with Gasteiger partial charge in [-0.3, -0.25) is 18.6 Å². The predicted octanol–water partition coefficient (Wildman–Crippen LogP) is 11.3. The van der Waals surface area contributed by atoms with E-state index in [0.29, 0.717) is 12.8 Å². The summed E-state index contributed by atoms with van der Waals surface area (Å²) in [6.45, 7) is 2.31. The van der Waals surface area contributed by atoms with Gasteiger partial charge in [-0.15, -0.1) is 0 Å². The summed E-state index contributed by atoms with van der Waals surface area (Å²) in [5.74, 6) is -0.961. The Bertz CT molecular complexity index is 1060. The van der Waals surface area contributed by atoms with E-state index in [1.807, 2.05) is 0 Å². The maximum Gasteiger partial charge on any atom is 0.472 e. The molecule has 320 valence electrons. The third-order valence-corrected chi connectivity index (χ3v) is 9.91. The summed E-state index contributed by atoms with van der Waals surface area (Å²) in [6, 6.07) is 0. The van der Waals surface area contributed by atoms with Gasteiger partial charge < -0.3 is 24.6 Å². The number of unbranched alkanes of at least 4 members (excludes halogenated alkanes) is 18. The molecule has 0 aromatic heterocycles. The van der Waals surface area contributed by atoms with Gasteiger partial charge in [0.1, 0.15) is 12.7 Å². The van der Waals surface area contributed by atoms with Gasteiger partial charge in [-0.2, -0.15) is 0 Å². The van der Waals surface area contributed by atoms with Crippen LogP contribution in [0, 0.1) is 0 Å². The number of aliphatic hydroxyl groups excluding tert-OH is 2. The Labute approximate surface area is 334 Å². The van der Waals surface area contributed by atoms with Gasteiger partial charge >= 0.3 is 19.8 Å². The number of hydrogen-bond donors (Lipinski definition) is 3. The molecule has 11 heteroatoms. The molecule has 55 heavy (non-hydrogen) atoms. The summed E-state index contributed by atoms with van der Waals surface area (Å²) in [5.41, 5.74) is 0. The van der Waals surface area contributed by atoms with Crippen molar-refractivity contribution in [3.63, 3.8) is 0 Å². The van der Waals surface area contributed by atoms with Gasteiger partial charge in [0.05, 0.1) is 19.8 Å². The molecule has 0 rings (SSSR count). The van der Waals surface area contributed by atoms with Crippen molar-refractivity contribution in [3.05, 3.63) is 48.6 Å².